The van der Waals surface area contributed by atoms with E-state index in [-0.39, 0.29) is 11.9 Å². The molecule has 3 rings (SSSR count). The van der Waals surface area contributed by atoms with Gasteiger partial charge in [-0.3, -0.25) is 14.6 Å². The molecular weight excluding hydrogens is 401 g/mol. The van der Waals surface area contributed by atoms with Crippen LogP contribution in [-0.2, 0) is 11.3 Å². The number of nitrogens with zero attached hydrogens (tertiary/aromatic N) is 2. The molecule has 1 aliphatic heterocycles. The summed E-state index contributed by atoms with van der Waals surface area (Å²) >= 11 is 14.0. The Labute approximate surface area is 175 Å². The van der Waals surface area contributed by atoms with Crippen molar-refractivity contribution in [3.05, 3.63) is 49.6 Å². The van der Waals surface area contributed by atoms with Crippen LogP contribution in [0.5, 0.6) is 0 Å². The molecule has 1 N–H and O–H groups in total. The summed E-state index contributed by atoms with van der Waals surface area (Å²) in [6, 6.07) is 7.75. The maximum absolute atomic E-state index is 12.7. The largest absolute Gasteiger partial charge is 0.323 e. The number of hydrogen-bond donors (Lipinski definition) is 1. The van der Waals surface area contributed by atoms with Crippen LogP contribution >= 0.6 is 34.5 Å². The van der Waals surface area contributed by atoms with Crippen LogP contribution in [0.4, 0.5) is 5.69 Å². The van der Waals surface area contributed by atoms with Gasteiger partial charge in [0.2, 0.25) is 5.91 Å². The lowest BCUT2D eigenvalue weighted by Crippen LogP contribution is -2.52. The third-order valence-corrected chi connectivity index (χ3v) is 6.54. The molecule has 7 heteroatoms. The number of anilines is 1. The molecule has 1 aromatic heterocycles. The van der Waals surface area contributed by atoms with Gasteiger partial charge in [0, 0.05) is 37.6 Å². The maximum atomic E-state index is 12.7. The van der Waals surface area contributed by atoms with E-state index >= 15 is 0 Å². The van der Waals surface area contributed by atoms with Crippen LogP contribution in [0.1, 0.15) is 22.9 Å². The Morgan fingerprint density at radius 2 is 1.89 bits per heavy atom. The third kappa shape index (κ3) is 5.24. The average molecular weight is 426 g/mol. The molecule has 1 unspecified atom stereocenters. The molecule has 1 atom stereocenters. The zero-order valence-electron chi connectivity index (χ0n) is 15.9. The molecule has 1 fully saturated rings. The van der Waals surface area contributed by atoms with Crippen molar-refractivity contribution in [2.45, 2.75) is 33.4 Å². The van der Waals surface area contributed by atoms with Gasteiger partial charge in [-0.05, 0) is 50.1 Å². The minimum atomic E-state index is -0.194. The van der Waals surface area contributed by atoms with Crippen LogP contribution in [0.3, 0.4) is 0 Å². The van der Waals surface area contributed by atoms with Gasteiger partial charge in [0.15, 0.2) is 0 Å². The molecule has 27 heavy (non-hydrogen) atoms. The number of halogens is 2. The molecule has 0 saturated carbocycles. The number of carbonyl (C=O) groups is 1. The Balaban J connectivity index is 1.54. The second kappa shape index (κ2) is 8.93. The van der Waals surface area contributed by atoms with Crippen molar-refractivity contribution >= 4 is 46.1 Å². The summed E-state index contributed by atoms with van der Waals surface area (Å²) in [7, 11) is 0. The molecule has 0 spiro atoms. The molecule has 1 amide bonds. The van der Waals surface area contributed by atoms with Crippen molar-refractivity contribution < 1.29 is 4.79 Å². The van der Waals surface area contributed by atoms with Gasteiger partial charge in [-0.2, -0.15) is 0 Å². The van der Waals surface area contributed by atoms with E-state index in [0.29, 0.717) is 10.7 Å². The molecule has 2 heterocycles. The smallest absolute Gasteiger partial charge is 0.241 e. The number of nitrogens with one attached hydrogen (secondary N) is 1. The number of piperazine rings is 1. The first-order valence-electron chi connectivity index (χ1n) is 9.11. The molecule has 0 bridgehead atoms. The predicted octanol–water partition coefficient (Wildman–Crippen LogP) is 4.82. The molecule has 4 nitrogen and oxygen atoms in total. The van der Waals surface area contributed by atoms with Gasteiger partial charge in [-0.25, -0.2) is 0 Å². The van der Waals surface area contributed by atoms with E-state index in [0.717, 1.165) is 48.2 Å². The van der Waals surface area contributed by atoms with Crippen LogP contribution < -0.4 is 5.32 Å². The number of amides is 1. The summed E-state index contributed by atoms with van der Waals surface area (Å²) in [5, 5.41) is 3.61. The number of carbonyl (C=O) groups excluding carboxylic acids is 1. The van der Waals surface area contributed by atoms with E-state index in [2.05, 4.69) is 21.2 Å². The maximum Gasteiger partial charge on any atom is 0.241 e. The fraction of sp³-hybridized carbons (Fsp3) is 0.450. The third-order valence-electron chi connectivity index (χ3n) is 5.02. The van der Waals surface area contributed by atoms with E-state index in [1.54, 1.807) is 11.3 Å². The van der Waals surface area contributed by atoms with E-state index in [1.807, 2.05) is 39.0 Å². The molecule has 0 aliphatic carbocycles. The topological polar surface area (TPSA) is 35.6 Å². The van der Waals surface area contributed by atoms with Crippen molar-refractivity contribution in [2.24, 2.45) is 0 Å². The second-order valence-corrected chi connectivity index (χ2v) is 9.33. The van der Waals surface area contributed by atoms with Gasteiger partial charge in [0.25, 0.3) is 0 Å². The Morgan fingerprint density at radius 1 is 1.19 bits per heavy atom. The molecule has 1 saturated heterocycles. The highest BCUT2D eigenvalue weighted by Gasteiger charge is 2.26. The van der Waals surface area contributed by atoms with Crippen molar-refractivity contribution in [1.29, 1.82) is 0 Å². The fourth-order valence-corrected chi connectivity index (χ4v) is 4.93. The van der Waals surface area contributed by atoms with Crippen LogP contribution in [-0.4, -0.2) is 47.9 Å². The minimum absolute atomic E-state index is 0.0117. The highest BCUT2D eigenvalue weighted by molar-refractivity contribution is 7.16. The van der Waals surface area contributed by atoms with Crippen molar-refractivity contribution in [1.82, 2.24) is 9.80 Å². The first-order chi connectivity index (χ1) is 12.8. The highest BCUT2D eigenvalue weighted by atomic mass is 35.5. The van der Waals surface area contributed by atoms with Gasteiger partial charge >= 0.3 is 0 Å². The summed E-state index contributed by atoms with van der Waals surface area (Å²) in [4.78, 5) is 18.7. The van der Waals surface area contributed by atoms with Gasteiger partial charge in [0.05, 0.1) is 21.1 Å². The number of benzene rings is 1. The highest BCUT2D eigenvalue weighted by Crippen LogP contribution is 2.28. The van der Waals surface area contributed by atoms with Crippen LogP contribution in [0, 0.1) is 13.8 Å². The number of rotatable bonds is 5. The first-order valence-corrected chi connectivity index (χ1v) is 10.7. The van der Waals surface area contributed by atoms with E-state index in [1.165, 1.54) is 4.88 Å². The van der Waals surface area contributed by atoms with E-state index < -0.39 is 0 Å². The van der Waals surface area contributed by atoms with Crippen LogP contribution in [0.25, 0.3) is 0 Å². The monoisotopic (exact) mass is 425 g/mol. The Kier molecular flexibility index (Phi) is 6.82. The van der Waals surface area contributed by atoms with Crippen molar-refractivity contribution in [2.75, 3.05) is 31.5 Å². The second-order valence-electron chi connectivity index (χ2n) is 7.12. The van der Waals surface area contributed by atoms with Gasteiger partial charge < -0.3 is 5.32 Å². The Bertz CT molecular complexity index is 792. The lowest BCUT2D eigenvalue weighted by Gasteiger charge is -2.37. The van der Waals surface area contributed by atoms with Crippen LogP contribution in [0.2, 0.25) is 9.36 Å². The minimum Gasteiger partial charge on any atom is -0.323 e. The average Bonchev–Trinajstić information content (AvgIpc) is 3.02. The summed E-state index contributed by atoms with van der Waals surface area (Å²) in [5.74, 6) is -0.0117. The summed E-state index contributed by atoms with van der Waals surface area (Å²) in [6.45, 7) is 10.5. The lowest BCUT2D eigenvalue weighted by atomic mass is 10.1. The zero-order chi connectivity index (χ0) is 19.6. The molecular formula is C20H25Cl2N3OS. The van der Waals surface area contributed by atoms with Gasteiger partial charge in [-0.15, -0.1) is 11.3 Å². The van der Waals surface area contributed by atoms with Gasteiger partial charge in [-0.1, -0.05) is 29.3 Å². The van der Waals surface area contributed by atoms with E-state index in [9.17, 15) is 4.79 Å². The molecule has 1 aliphatic rings. The first kappa shape index (κ1) is 20.6. The summed E-state index contributed by atoms with van der Waals surface area (Å²) in [5.41, 5.74) is 2.79. The van der Waals surface area contributed by atoms with Crippen LogP contribution in [0.15, 0.2) is 24.3 Å². The molecule has 1 aromatic carbocycles. The van der Waals surface area contributed by atoms with Crippen molar-refractivity contribution in [3.63, 3.8) is 0 Å². The zero-order valence-corrected chi connectivity index (χ0v) is 18.2. The number of hydrogen-bond acceptors (Lipinski definition) is 4. The quantitative estimate of drug-likeness (QED) is 0.745. The SMILES string of the molecule is Cc1cc(C)c(NC(=O)C(C)N2CCN(Cc3ccc(Cl)s3)CC2)c(Cl)c1. The lowest BCUT2D eigenvalue weighted by molar-refractivity contribution is -0.121. The molecule has 0 radical (unpaired) electrons. The Morgan fingerprint density at radius 3 is 2.48 bits per heavy atom. The van der Waals surface area contributed by atoms with E-state index in [4.69, 9.17) is 23.2 Å². The van der Waals surface area contributed by atoms with Gasteiger partial charge in [0.1, 0.15) is 0 Å². The number of thiophene rings is 1. The molecule has 2 aromatic rings. The molecule has 146 valence electrons. The fourth-order valence-electron chi connectivity index (χ4n) is 3.43. The predicted molar refractivity (Wildman–Crippen MR) is 115 cm³/mol. The summed E-state index contributed by atoms with van der Waals surface area (Å²) < 4.78 is 0.832. The number of aryl methyl sites for hydroxylation is 2. The van der Waals surface area contributed by atoms with Crippen molar-refractivity contribution in [3.8, 4) is 0 Å². The summed E-state index contributed by atoms with van der Waals surface area (Å²) in [6.07, 6.45) is 0. The standard InChI is InChI=1S/C20H25Cl2N3OS/c1-13-10-14(2)19(17(21)11-13)23-20(26)15(3)25-8-6-24(7-9-25)12-16-4-5-18(22)27-16/h4-5,10-11,15H,6-9,12H2,1-3H3,(H,23,26). The Hall–Kier alpha value is -1.11. The normalized spacial score (nSPS) is 17.1.